The Balaban J connectivity index is 2.24. The van der Waals surface area contributed by atoms with Gasteiger partial charge in [0.1, 0.15) is 17.4 Å². The van der Waals surface area contributed by atoms with Crippen LogP contribution in [0.1, 0.15) is 40.2 Å². The van der Waals surface area contributed by atoms with Gasteiger partial charge in [-0.1, -0.05) is 0 Å². The van der Waals surface area contributed by atoms with Crippen LogP contribution in [-0.2, 0) is 15.9 Å². The van der Waals surface area contributed by atoms with Crippen LogP contribution in [0.25, 0.3) is 0 Å². The van der Waals surface area contributed by atoms with Gasteiger partial charge in [0.25, 0.3) is 0 Å². The third-order valence-corrected chi connectivity index (χ3v) is 4.18. The molecule has 1 amide bonds. The van der Waals surface area contributed by atoms with E-state index in [1.807, 2.05) is 0 Å². The fraction of sp³-hybridized carbons (Fsp3) is 0.684. The summed E-state index contributed by atoms with van der Waals surface area (Å²) >= 11 is 0. The molecule has 0 saturated carbocycles. The highest BCUT2D eigenvalue weighted by molar-refractivity contribution is 5.70. The average molecular weight is 420 g/mol. The number of halogens is 3. The van der Waals surface area contributed by atoms with Crippen molar-refractivity contribution in [2.24, 2.45) is 0 Å². The molecule has 164 valence electrons. The van der Waals surface area contributed by atoms with Crippen molar-refractivity contribution in [3.8, 4) is 5.88 Å². The molecule has 29 heavy (non-hydrogen) atoms. The Morgan fingerprint density at radius 3 is 2.55 bits per heavy atom. The van der Waals surface area contributed by atoms with Gasteiger partial charge < -0.3 is 19.3 Å². The molecule has 1 aromatic heterocycles. The number of carbonyl (C=O) groups is 1. The first-order valence-electron chi connectivity index (χ1n) is 9.17. The lowest BCUT2D eigenvalue weighted by Gasteiger charge is -2.35. The summed E-state index contributed by atoms with van der Waals surface area (Å²) < 4.78 is 53.1. The molecule has 1 saturated heterocycles. The van der Waals surface area contributed by atoms with E-state index in [2.05, 4.69) is 9.72 Å². The van der Waals surface area contributed by atoms with Crippen LogP contribution < -0.4 is 4.74 Å². The number of carbonyl (C=O) groups excluding carboxylic acids is 1. The molecular weight excluding hydrogens is 393 g/mol. The summed E-state index contributed by atoms with van der Waals surface area (Å²) in [6.07, 6.45) is -4.24. The van der Waals surface area contributed by atoms with E-state index in [0.29, 0.717) is 5.56 Å². The number of hydrogen-bond acceptors (Lipinski definition) is 6. The summed E-state index contributed by atoms with van der Waals surface area (Å²) in [6.45, 7) is 6.79. The molecule has 0 spiro atoms. The third-order valence-electron chi connectivity index (χ3n) is 4.18. The highest BCUT2D eigenvalue weighted by Crippen LogP contribution is 2.35. The topological polar surface area (TPSA) is 81.1 Å². The van der Waals surface area contributed by atoms with Crippen molar-refractivity contribution in [1.29, 1.82) is 0 Å². The monoisotopic (exact) mass is 420 g/mol. The number of ether oxygens (including phenoxy) is 3. The summed E-state index contributed by atoms with van der Waals surface area (Å²) in [7, 11) is 0. The van der Waals surface area contributed by atoms with Gasteiger partial charge in [-0.05, 0) is 52.7 Å². The van der Waals surface area contributed by atoms with Crippen molar-refractivity contribution in [3.05, 3.63) is 23.9 Å². The van der Waals surface area contributed by atoms with E-state index in [9.17, 15) is 23.1 Å². The molecule has 1 aliphatic rings. The van der Waals surface area contributed by atoms with Crippen LogP contribution in [-0.4, -0.2) is 63.9 Å². The summed E-state index contributed by atoms with van der Waals surface area (Å²) in [5.74, 6) is -0.178. The zero-order chi connectivity index (χ0) is 22.0. The highest BCUT2D eigenvalue weighted by atomic mass is 19.4. The van der Waals surface area contributed by atoms with E-state index in [-0.39, 0.29) is 18.9 Å². The van der Waals surface area contributed by atoms with Crippen molar-refractivity contribution >= 4 is 6.09 Å². The predicted molar refractivity (Wildman–Crippen MR) is 97.4 cm³/mol. The summed E-state index contributed by atoms with van der Waals surface area (Å²) in [5.41, 5.74) is -1.19. The number of rotatable bonds is 5. The minimum absolute atomic E-state index is 0.178. The first-order valence-corrected chi connectivity index (χ1v) is 9.17. The Kier molecular flexibility index (Phi) is 6.68. The predicted octanol–water partition coefficient (Wildman–Crippen LogP) is 3.30. The molecule has 0 aliphatic carbocycles. The van der Waals surface area contributed by atoms with Crippen LogP contribution in [0, 0.1) is 0 Å². The standard InChI is InChI=1S/C19H27F3N2O5/c1-17(2,3)29-16(26)24-13(14(10-25)28-18(24,4)5)8-12-6-7-23-15(9-12)27-11-19(20,21)22/h6-7,9,13-14,25H,8,10-11H2,1-5H3/t13-,14+/m0/s1. The molecule has 0 unspecified atom stereocenters. The largest absolute Gasteiger partial charge is 0.468 e. The average Bonchev–Trinajstić information content (AvgIpc) is 2.81. The number of aromatic nitrogens is 1. The van der Waals surface area contributed by atoms with Gasteiger partial charge in [-0.25, -0.2) is 9.78 Å². The summed E-state index contributed by atoms with van der Waals surface area (Å²) in [6, 6.07) is 2.38. The van der Waals surface area contributed by atoms with Gasteiger partial charge in [-0.15, -0.1) is 0 Å². The SMILES string of the molecule is CC(C)(C)OC(=O)N1[C@@H](Cc2ccnc(OCC(F)(F)F)c2)[C@@H](CO)OC1(C)C. The van der Waals surface area contributed by atoms with Crippen molar-refractivity contribution in [2.45, 2.75) is 70.7 Å². The Labute approximate surface area is 167 Å². The van der Waals surface area contributed by atoms with Gasteiger partial charge in [-0.2, -0.15) is 13.2 Å². The summed E-state index contributed by atoms with van der Waals surface area (Å²) in [5, 5.41) is 9.74. The van der Waals surface area contributed by atoms with Crippen LogP contribution >= 0.6 is 0 Å². The number of aliphatic hydroxyl groups excluding tert-OH is 1. The highest BCUT2D eigenvalue weighted by Gasteiger charge is 2.50. The minimum atomic E-state index is -4.48. The normalized spacial score (nSPS) is 21.9. The van der Waals surface area contributed by atoms with E-state index in [0.717, 1.165) is 0 Å². The van der Waals surface area contributed by atoms with Gasteiger partial charge in [0.15, 0.2) is 6.61 Å². The molecule has 1 fully saturated rings. The second-order valence-corrected chi connectivity index (χ2v) is 8.31. The number of pyridine rings is 1. The minimum Gasteiger partial charge on any atom is -0.468 e. The van der Waals surface area contributed by atoms with Crippen LogP contribution in [0.5, 0.6) is 5.88 Å². The van der Waals surface area contributed by atoms with Gasteiger partial charge in [0, 0.05) is 12.3 Å². The quantitative estimate of drug-likeness (QED) is 0.787. The van der Waals surface area contributed by atoms with Crippen molar-refractivity contribution < 1.29 is 37.3 Å². The Morgan fingerprint density at radius 1 is 1.34 bits per heavy atom. The Hall–Kier alpha value is -2.07. The number of amides is 1. The first-order chi connectivity index (χ1) is 13.2. The van der Waals surface area contributed by atoms with Crippen molar-refractivity contribution in [2.75, 3.05) is 13.2 Å². The smallest absolute Gasteiger partial charge is 0.422 e. The fourth-order valence-corrected chi connectivity index (χ4v) is 3.17. The number of nitrogens with zero attached hydrogens (tertiary/aromatic N) is 2. The van der Waals surface area contributed by atoms with E-state index in [4.69, 9.17) is 9.47 Å². The molecule has 1 N–H and O–H groups in total. The molecule has 2 rings (SSSR count). The maximum atomic E-state index is 12.8. The maximum Gasteiger partial charge on any atom is 0.422 e. The van der Waals surface area contributed by atoms with Crippen molar-refractivity contribution in [1.82, 2.24) is 9.88 Å². The van der Waals surface area contributed by atoms with E-state index in [1.54, 1.807) is 40.7 Å². The van der Waals surface area contributed by atoms with Gasteiger partial charge in [0.05, 0.1) is 12.6 Å². The van der Waals surface area contributed by atoms with Gasteiger partial charge >= 0.3 is 12.3 Å². The van der Waals surface area contributed by atoms with Crippen LogP contribution in [0.4, 0.5) is 18.0 Å². The molecule has 0 radical (unpaired) electrons. The van der Waals surface area contributed by atoms with Gasteiger partial charge in [-0.3, -0.25) is 4.90 Å². The van der Waals surface area contributed by atoms with Crippen LogP contribution in [0.2, 0.25) is 0 Å². The lowest BCUT2D eigenvalue weighted by Crippen LogP contribution is -2.51. The first kappa shape index (κ1) is 23.2. The molecule has 1 aliphatic heterocycles. The number of alkyl halides is 3. The zero-order valence-electron chi connectivity index (χ0n) is 17.1. The summed E-state index contributed by atoms with van der Waals surface area (Å²) in [4.78, 5) is 18.0. The molecule has 2 atom stereocenters. The van der Waals surface area contributed by atoms with Crippen LogP contribution in [0.15, 0.2) is 18.3 Å². The van der Waals surface area contributed by atoms with E-state index < -0.39 is 42.3 Å². The Bertz CT molecular complexity index is 719. The lowest BCUT2D eigenvalue weighted by molar-refractivity contribution is -0.154. The fourth-order valence-electron chi connectivity index (χ4n) is 3.17. The van der Waals surface area contributed by atoms with Gasteiger partial charge in [0.2, 0.25) is 5.88 Å². The second-order valence-electron chi connectivity index (χ2n) is 8.31. The van der Waals surface area contributed by atoms with Crippen LogP contribution in [0.3, 0.4) is 0 Å². The maximum absolute atomic E-state index is 12.8. The molecule has 2 heterocycles. The molecule has 10 heteroatoms. The molecule has 7 nitrogen and oxygen atoms in total. The van der Waals surface area contributed by atoms with E-state index in [1.165, 1.54) is 17.2 Å². The second kappa shape index (κ2) is 8.35. The molecule has 0 bridgehead atoms. The lowest BCUT2D eigenvalue weighted by atomic mass is 10.0. The number of aliphatic hydroxyl groups is 1. The third kappa shape index (κ3) is 6.46. The zero-order valence-corrected chi connectivity index (χ0v) is 17.1. The Morgan fingerprint density at radius 2 is 2.00 bits per heavy atom. The molecular formula is C19H27F3N2O5. The van der Waals surface area contributed by atoms with Crippen molar-refractivity contribution in [3.63, 3.8) is 0 Å². The van der Waals surface area contributed by atoms with E-state index >= 15 is 0 Å². The molecule has 0 aromatic carbocycles. The number of hydrogen-bond donors (Lipinski definition) is 1. The molecule has 1 aromatic rings.